The fourth-order valence-electron chi connectivity index (χ4n) is 3.46. The lowest BCUT2D eigenvalue weighted by atomic mass is 10.1. The molecule has 4 rings (SSSR count). The number of hydrogen-bond acceptors (Lipinski definition) is 4. The Bertz CT molecular complexity index is 1240. The normalized spacial score (nSPS) is 10.5. The van der Waals surface area contributed by atoms with Gasteiger partial charge in [-0.3, -0.25) is 14.4 Å². The van der Waals surface area contributed by atoms with Crippen LogP contribution < -0.4 is 10.2 Å². The first-order valence-corrected chi connectivity index (χ1v) is 10.4. The van der Waals surface area contributed by atoms with Crippen LogP contribution in [-0.4, -0.2) is 35.9 Å². The Hall–Kier alpha value is -4.39. The van der Waals surface area contributed by atoms with E-state index < -0.39 is 6.09 Å². The first kappa shape index (κ1) is 21.8. The summed E-state index contributed by atoms with van der Waals surface area (Å²) >= 11 is 0. The van der Waals surface area contributed by atoms with E-state index in [2.05, 4.69) is 5.32 Å². The van der Waals surface area contributed by atoms with Crippen LogP contribution in [0, 0.1) is 0 Å². The molecule has 0 unspecified atom stereocenters. The zero-order chi connectivity index (χ0) is 23.2. The molecule has 0 radical (unpaired) electrons. The topological polar surface area (TPSA) is 76.5 Å². The third kappa shape index (κ3) is 5.10. The summed E-state index contributed by atoms with van der Waals surface area (Å²) in [4.78, 5) is 26.3. The highest BCUT2D eigenvalue weighted by molar-refractivity contribution is 6.08. The second kappa shape index (κ2) is 9.82. The third-order valence-corrected chi connectivity index (χ3v) is 5.20. The number of methoxy groups -OCH3 is 1. The molecule has 166 valence electrons. The van der Waals surface area contributed by atoms with E-state index in [0.29, 0.717) is 29.2 Å². The van der Waals surface area contributed by atoms with E-state index in [4.69, 9.17) is 9.84 Å². The van der Waals surface area contributed by atoms with E-state index in [1.807, 2.05) is 60.7 Å². The molecule has 0 aliphatic carbocycles. The predicted molar refractivity (Wildman–Crippen MR) is 128 cm³/mol. The molecule has 0 bridgehead atoms. The number of nitrogens with one attached hydrogen (secondary N) is 1. The average Bonchev–Trinajstić information content (AvgIpc) is 3.28. The molecule has 0 spiro atoms. The molecule has 1 aromatic heterocycles. The van der Waals surface area contributed by atoms with Crippen LogP contribution in [0.25, 0.3) is 11.3 Å². The van der Waals surface area contributed by atoms with E-state index >= 15 is 0 Å². The molecule has 0 fully saturated rings. The van der Waals surface area contributed by atoms with Gasteiger partial charge < -0.3 is 10.1 Å². The van der Waals surface area contributed by atoms with Gasteiger partial charge in [0.2, 0.25) is 0 Å². The largest absolute Gasteiger partial charge is 0.452 e. The summed E-state index contributed by atoms with van der Waals surface area (Å²) in [5.41, 5.74) is 4.32. The summed E-state index contributed by atoms with van der Waals surface area (Å²) in [6, 6.07) is 26.6. The maximum atomic E-state index is 13.2. The SMILES string of the molecule is COC(=O)N(C)c1ccc(NC(=O)c2cn(Cc3ccccc3)nc2-c2ccccc2)cc1. The van der Waals surface area contributed by atoms with Crippen molar-refractivity contribution in [3.05, 3.63) is 102 Å². The fourth-order valence-corrected chi connectivity index (χ4v) is 3.46. The van der Waals surface area contributed by atoms with Gasteiger partial charge in [-0.2, -0.15) is 5.10 Å². The highest BCUT2D eigenvalue weighted by Gasteiger charge is 2.19. The Kier molecular flexibility index (Phi) is 6.50. The number of benzene rings is 3. The molecule has 0 atom stereocenters. The third-order valence-electron chi connectivity index (χ3n) is 5.20. The van der Waals surface area contributed by atoms with E-state index in [-0.39, 0.29) is 5.91 Å². The maximum Gasteiger partial charge on any atom is 0.413 e. The minimum atomic E-state index is -0.467. The molecule has 2 amide bonds. The van der Waals surface area contributed by atoms with Crippen molar-refractivity contribution in [2.24, 2.45) is 0 Å². The molecule has 0 saturated heterocycles. The average molecular weight is 441 g/mol. The monoisotopic (exact) mass is 440 g/mol. The van der Waals surface area contributed by atoms with Crippen molar-refractivity contribution in [2.75, 3.05) is 24.4 Å². The van der Waals surface area contributed by atoms with Gasteiger partial charge in [0.15, 0.2) is 0 Å². The van der Waals surface area contributed by atoms with Crippen LogP contribution >= 0.6 is 0 Å². The summed E-state index contributed by atoms with van der Waals surface area (Å²) < 4.78 is 6.51. The molecule has 1 heterocycles. The van der Waals surface area contributed by atoms with Gasteiger partial charge in [0.1, 0.15) is 5.69 Å². The molecule has 33 heavy (non-hydrogen) atoms. The molecule has 0 aliphatic rings. The number of ether oxygens (including phenoxy) is 1. The van der Waals surface area contributed by atoms with Crippen LogP contribution in [0.2, 0.25) is 0 Å². The minimum Gasteiger partial charge on any atom is -0.452 e. The van der Waals surface area contributed by atoms with Crippen LogP contribution in [0.1, 0.15) is 15.9 Å². The van der Waals surface area contributed by atoms with Gasteiger partial charge in [0, 0.05) is 30.2 Å². The number of carbonyl (C=O) groups is 2. The van der Waals surface area contributed by atoms with Crippen molar-refractivity contribution in [1.82, 2.24) is 9.78 Å². The summed E-state index contributed by atoms with van der Waals surface area (Å²) in [7, 11) is 2.95. The summed E-state index contributed by atoms with van der Waals surface area (Å²) in [5, 5.41) is 7.63. The number of nitrogens with zero attached hydrogens (tertiary/aromatic N) is 3. The summed E-state index contributed by atoms with van der Waals surface area (Å²) in [6.07, 6.45) is 1.30. The van der Waals surface area contributed by atoms with Gasteiger partial charge in [0.05, 0.1) is 19.2 Å². The zero-order valence-electron chi connectivity index (χ0n) is 18.4. The second-order valence-corrected chi connectivity index (χ2v) is 7.47. The first-order valence-electron chi connectivity index (χ1n) is 10.4. The van der Waals surface area contributed by atoms with Crippen molar-refractivity contribution < 1.29 is 14.3 Å². The lowest BCUT2D eigenvalue weighted by Gasteiger charge is -2.16. The Labute approximate surface area is 192 Å². The minimum absolute atomic E-state index is 0.262. The standard InChI is InChI=1S/C26H24N4O3/c1-29(26(32)33-2)22-15-13-21(14-16-22)27-25(31)23-18-30(17-19-9-5-3-6-10-19)28-24(23)20-11-7-4-8-12-20/h3-16,18H,17H2,1-2H3,(H,27,31). The molecule has 3 aromatic carbocycles. The van der Waals surface area contributed by atoms with Gasteiger partial charge in [0.25, 0.3) is 5.91 Å². The van der Waals surface area contributed by atoms with Gasteiger partial charge >= 0.3 is 6.09 Å². The van der Waals surface area contributed by atoms with E-state index in [1.165, 1.54) is 12.0 Å². The number of carbonyl (C=O) groups excluding carboxylic acids is 2. The molecule has 1 N–H and O–H groups in total. The molecule has 0 saturated carbocycles. The molecular formula is C26H24N4O3. The highest BCUT2D eigenvalue weighted by atomic mass is 16.5. The van der Waals surface area contributed by atoms with Crippen molar-refractivity contribution in [2.45, 2.75) is 6.54 Å². The number of amides is 2. The predicted octanol–water partition coefficient (Wildman–Crippen LogP) is 5.05. The van der Waals surface area contributed by atoms with Gasteiger partial charge in [-0.1, -0.05) is 60.7 Å². The van der Waals surface area contributed by atoms with Gasteiger partial charge in [-0.15, -0.1) is 0 Å². The number of aromatic nitrogens is 2. The van der Waals surface area contributed by atoms with Crippen molar-refractivity contribution in [3.63, 3.8) is 0 Å². The van der Waals surface area contributed by atoms with Crippen LogP contribution in [0.5, 0.6) is 0 Å². The Morgan fingerprint density at radius 1 is 0.939 bits per heavy atom. The maximum absolute atomic E-state index is 13.2. The fraction of sp³-hybridized carbons (Fsp3) is 0.115. The second-order valence-electron chi connectivity index (χ2n) is 7.47. The molecule has 7 heteroatoms. The smallest absolute Gasteiger partial charge is 0.413 e. The van der Waals surface area contributed by atoms with E-state index in [1.54, 1.807) is 42.2 Å². The van der Waals surface area contributed by atoms with Crippen molar-refractivity contribution in [1.29, 1.82) is 0 Å². The Morgan fingerprint density at radius 2 is 1.58 bits per heavy atom. The van der Waals surface area contributed by atoms with Crippen molar-refractivity contribution in [3.8, 4) is 11.3 Å². The Balaban J connectivity index is 1.59. The zero-order valence-corrected chi connectivity index (χ0v) is 18.4. The van der Waals surface area contributed by atoms with Crippen molar-refractivity contribution >= 4 is 23.4 Å². The highest BCUT2D eigenvalue weighted by Crippen LogP contribution is 2.24. The number of rotatable bonds is 6. The van der Waals surface area contributed by atoms with Gasteiger partial charge in [-0.25, -0.2) is 4.79 Å². The first-order chi connectivity index (χ1) is 16.0. The molecule has 7 nitrogen and oxygen atoms in total. The Morgan fingerprint density at radius 3 is 2.21 bits per heavy atom. The summed E-state index contributed by atoms with van der Waals surface area (Å²) in [6.45, 7) is 0.558. The van der Waals surface area contributed by atoms with Crippen LogP contribution in [0.15, 0.2) is 91.1 Å². The van der Waals surface area contributed by atoms with Crippen LogP contribution in [0.4, 0.5) is 16.2 Å². The lowest BCUT2D eigenvalue weighted by Crippen LogP contribution is -2.25. The van der Waals surface area contributed by atoms with E-state index in [9.17, 15) is 9.59 Å². The molecular weight excluding hydrogens is 416 g/mol. The molecule has 0 aliphatic heterocycles. The van der Waals surface area contributed by atoms with Gasteiger partial charge in [-0.05, 0) is 29.8 Å². The van der Waals surface area contributed by atoms with Crippen LogP contribution in [-0.2, 0) is 11.3 Å². The summed E-state index contributed by atoms with van der Waals surface area (Å²) in [5.74, 6) is -0.262. The lowest BCUT2D eigenvalue weighted by molar-refractivity contribution is 0.102. The quantitative estimate of drug-likeness (QED) is 0.455. The number of hydrogen-bond donors (Lipinski definition) is 1. The van der Waals surface area contributed by atoms with E-state index in [0.717, 1.165) is 11.1 Å². The molecule has 4 aromatic rings. The number of anilines is 2. The van der Waals surface area contributed by atoms with Crippen LogP contribution in [0.3, 0.4) is 0 Å².